The van der Waals surface area contributed by atoms with Crippen LogP contribution in [-0.4, -0.2) is 25.6 Å². The van der Waals surface area contributed by atoms with Crippen molar-refractivity contribution in [1.82, 2.24) is 5.32 Å². The van der Waals surface area contributed by atoms with Crippen LogP contribution in [0, 0.1) is 6.92 Å². The molecule has 0 aliphatic carbocycles. The molecule has 6 nitrogen and oxygen atoms in total. The van der Waals surface area contributed by atoms with Crippen LogP contribution in [0.1, 0.15) is 21.7 Å². The number of carbonyl (C=O) groups excluding carboxylic acids is 2. The number of esters is 1. The highest BCUT2D eigenvalue weighted by atomic mass is 35.5. The summed E-state index contributed by atoms with van der Waals surface area (Å²) in [6.45, 7) is 2.00. The smallest absolute Gasteiger partial charge is 0.343 e. The number of halogens is 1. The fraction of sp³-hybridized carbons (Fsp3) is 0.154. The normalized spacial score (nSPS) is 10.8. The van der Waals surface area contributed by atoms with Crippen LogP contribution >= 0.6 is 11.6 Å². The van der Waals surface area contributed by atoms with Crippen molar-refractivity contribution >= 4 is 34.2 Å². The van der Waals surface area contributed by atoms with Crippen molar-refractivity contribution in [2.75, 3.05) is 13.7 Å². The van der Waals surface area contributed by atoms with Gasteiger partial charge < -0.3 is 19.2 Å². The zero-order valence-corrected chi connectivity index (χ0v) is 18.9. The molecule has 0 unspecified atom stereocenters. The minimum Gasteiger partial charge on any atom is -0.482 e. The lowest BCUT2D eigenvalue weighted by Gasteiger charge is -2.08. The number of fused-ring (bicyclic) bond motifs is 1. The Morgan fingerprint density at radius 1 is 0.970 bits per heavy atom. The van der Waals surface area contributed by atoms with Gasteiger partial charge >= 0.3 is 5.97 Å². The number of hydrogen-bond donors (Lipinski definition) is 1. The molecule has 0 bridgehead atoms. The van der Waals surface area contributed by atoms with Crippen molar-refractivity contribution in [3.05, 3.63) is 88.6 Å². The van der Waals surface area contributed by atoms with Crippen molar-refractivity contribution in [1.29, 1.82) is 0 Å². The van der Waals surface area contributed by atoms with Gasteiger partial charge in [0.15, 0.2) is 6.61 Å². The molecule has 168 valence electrons. The summed E-state index contributed by atoms with van der Waals surface area (Å²) in [6.07, 6.45) is 0. The number of aryl methyl sites for hydroxylation is 1. The number of carbonyl (C=O) groups is 2. The average Bonchev–Trinajstić information content (AvgIpc) is 3.22. The average molecular weight is 464 g/mol. The summed E-state index contributed by atoms with van der Waals surface area (Å²) in [5.41, 5.74) is 2.30. The van der Waals surface area contributed by atoms with Crippen molar-refractivity contribution in [2.45, 2.75) is 13.5 Å². The number of nitrogens with one attached hydrogen (secondary N) is 1. The third-order valence-electron chi connectivity index (χ3n) is 5.20. The molecule has 1 heterocycles. The molecule has 0 aliphatic rings. The van der Waals surface area contributed by atoms with E-state index in [4.69, 9.17) is 20.8 Å². The van der Waals surface area contributed by atoms with Gasteiger partial charge in [-0.25, -0.2) is 4.79 Å². The van der Waals surface area contributed by atoms with Crippen LogP contribution in [0.5, 0.6) is 5.75 Å². The Kier molecular flexibility index (Phi) is 6.66. The van der Waals surface area contributed by atoms with E-state index in [1.165, 1.54) is 7.11 Å². The second kappa shape index (κ2) is 9.79. The lowest BCUT2D eigenvalue weighted by Crippen LogP contribution is -2.22. The lowest BCUT2D eigenvalue weighted by atomic mass is 10.1. The monoisotopic (exact) mass is 463 g/mol. The molecule has 4 aromatic rings. The third kappa shape index (κ3) is 5.35. The molecular formula is C26H22ClNO5. The van der Waals surface area contributed by atoms with Gasteiger partial charge in [-0.1, -0.05) is 29.8 Å². The van der Waals surface area contributed by atoms with Crippen molar-refractivity contribution in [3.63, 3.8) is 0 Å². The van der Waals surface area contributed by atoms with Crippen LogP contribution in [0.15, 0.2) is 71.1 Å². The van der Waals surface area contributed by atoms with Crippen LogP contribution < -0.4 is 10.1 Å². The van der Waals surface area contributed by atoms with Crippen LogP contribution in [0.25, 0.3) is 22.1 Å². The molecule has 0 saturated heterocycles. The van der Waals surface area contributed by atoms with E-state index >= 15 is 0 Å². The summed E-state index contributed by atoms with van der Waals surface area (Å²) in [5, 5.41) is 5.55. The topological polar surface area (TPSA) is 77.8 Å². The first kappa shape index (κ1) is 22.4. The SMILES string of the molecule is COC(=O)COc1ccc2cc(CNC(=O)c3cc(-c4ccc(Cl)cc4)oc3C)ccc2c1. The van der Waals surface area contributed by atoms with Gasteiger partial charge in [0.05, 0.1) is 12.7 Å². The Bertz CT molecular complexity index is 1310. The number of benzene rings is 3. The predicted octanol–water partition coefficient (Wildman–Crippen LogP) is 5.54. The number of rotatable bonds is 7. The van der Waals surface area contributed by atoms with Gasteiger partial charge in [0.1, 0.15) is 17.3 Å². The summed E-state index contributed by atoms with van der Waals surface area (Å²) in [7, 11) is 1.32. The summed E-state index contributed by atoms with van der Waals surface area (Å²) >= 11 is 5.94. The predicted molar refractivity (Wildman–Crippen MR) is 127 cm³/mol. The van der Waals surface area contributed by atoms with E-state index in [1.807, 2.05) is 42.5 Å². The first-order valence-corrected chi connectivity index (χ1v) is 10.7. The summed E-state index contributed by atoms with van der Waals surface area (Å²) < 4.78 is 15.8. The zero-order valence-electron chi connectivity index (χ0n) is 18.2. The van der Waals surface area contributed by atoms with Gasteiger partial charge in [0.2, 0.25) is 0 Å². The Morgan fingerprint density at radius 2 is 1.70 bits per heavy atom. The first-order valence-electron chi connectivity index (χ1n) is 10.3. The Labute approximate surface area is 196 Å². The first-order chi connectivity index (χ1) is 15.9. The molecule has 0 spiro atoms. The van der Waals surface area contributed by atoms with Crippen LogP contribution in [0.2, 0.25) is 5.02 Å². The van der Waals surface area contributed by atoms with E-state index in [0.717, 1.165) is 21.9 Å². The van der Waals surface area contributed by atoms with Gasteiger partial charge in [-0.05, 0) is 71.8 Å². The van der Waals surface area contributed by atoms with Crippen LogP contribution in [-0.2, 0) is 16.1 Å². The number of furan rings is 1. The second-order valence-electron chi connectivity index (χ2n) is 7.48. The maximum atomic E-state index is 12.8. The summed E-state index contributed by atoms with van der Waals surface area (Å²) in [5.74, 6) is 1.11. The van der Waals surface area contributed by atoms with Gasteiger partial charge in [-0.15, -0.1) is 0 Å². The van der Waals surface area contributed by atoms with Crippen molar-refractivity contribution in [2.24, 2.45) is 0 Å². The molecule has 1 amide bonds. The Balaban J connectivity index is 1.42. The molecule has 1 aromatic heterocycles. The molecule has 3 aromatic carbocycles. The highest BCUT2D eigenvalue weighted by molar-refractivity contribution is 6.30. The standard InChI is InChI=1S/C26H22ClNO5/c1-16-23(13-24(33-16)18-5-8-21(27)9-6-18)26(30)28-14-17-3-4-20-12-22(10-7-19(20)11-17)32-15-25(29)31-2/h3-13H,14-15H2,1-2H3,(H,28,30). The molecule has 33 heavy (non-hydrogen) atoms. The molecule has 0 aliphatic heterocycles. The van der Waals surface area contributed by atoms with Crippen LogP contribution in [0.4, 0.5) is 0 Å². The highest BCUT2D eigenvalue weighted by Crippen LogP contribution is 2.27. The van der Waals surface area contributed by atoms with E-state index in [9.17, 15) is 9.59 Å². The van der Waals surface area contributed by atoms with E-state index in [0.29, 0.717) is 34.4 Å². The maximum absolute atomic E-state index is 12.8. The van der Waals surface area contributed by atoms with E-state index in [1.54, 1.807) is 31.2 Å². The fourth-order valence-electron chi connectivity index (χ4n) is 3.42. The maximum Gasteiger partial charge on any atom is 0.343 e. The van der Waals surface area contributed by atoms with Gasteiger partial charge in [-0.3, -0.25) is 4.79 Å². The third-order valence-corrected chi connectivity index (χ3v) is 5.46. The number of amides is 1. The van der Waals surface area contributed by atoms with Crippen molar-refractivity contribution < 1.29 is 23.5 Å². The van der Waals surface area contributed by atoms with Gasteiger partial charge in [-0.2, -0.15) is 0 Å². The zero-order chi connectivity index (χ0) is 23.4. The number of methoxy groups -OCH3 is 1. The summed E-state index contributed by atoms with van der Waals surface area (Å²) in [4.78, 5) is 24.0. The van der Waals surface area contributed by atoms with Crippen LogP contribution in [0.3, 0.4) is 0 Å². The molecular weight excluding hydrogens is 442 g/mol. The quantitative estimate of drug-likeness (QED) is 0.364. The number of ether oxygens (including phenoxy) is 2. The minimum absolute atomic E-state index is 0.140. The minimum atomic E-state index is -0.436. The largest absolute Gasteiger partial charge is 0.482 e. The summed E-state index contributed by atoms with van der Waals surface area (Å²) in [6, 6.07) is 20.4. The second-order valence-corrected chi connectivity index (χ2v) is 7.91. The van der Waals surface area contributed by atoms with Crippen molar-refractivity contribution in [3.8, 4) is 17.1 Å². The van der Waals surface area contributed by atoms with E-state index in [2.05, 4.69) is 10.1 Å². The highest BCUT2D eigenvalue weighted by Gasteiger charge is 2.16. The molecule has 0 atom stereocenters. The molecule has 0 fully saturated rings. The van der Waals surface area contributed by atoms with E-state index in [-0.39, 0.29) is 12.5 Å². The fourth-order valence-corrected chi connectivity index (χ4v) is 3.54. The molecule has 0 radical (unpaired) electrons. The van der Waals surface area contributed by atoms with E-state index < -0.39 is 5.97 Å². The lowest BCUT2D eigenvalue weighted by molar-refractivity contribution is -0.142. The molecule has 0 saturated carbocycles. The van der Waals surface area contributed by atoms with Gasteiger partial charge in [0, 0.05) is 17.1 Å². The Hall–Kier alpha value is -3.77. The molecule has 1 N–H and O–H groups in total. The van der Waals surface area contributed by atoms with Gasteiger partial charge in [0.25, 0.3) is 5.91 Å². The Morgan fingerprint density at radius 3 is 2.45 bits per heavy atom. The molecule has 7 heteroatoms. The number of hydrogen-bond acceptors (Lipinski definition) is 5. The molecule has 4 rings (SSSR count).